The molecule has 3 aromatic rings. The highest BCUT2D eigenvalue weighted by Crippen LogP contribution is 2.18. The number of benzene rings is 2. The van der Waals surface area contributed by atoms with E-state index in [2.05, 4.69) is 46.2 Å². The quantitative estimate of drug-likeness (QED) is 0.611. The summed E-state index contributed by atoms with van der Waals surface area (Å²) in [5.41, 5.74) is 2.14. The maximum atomic E-state index is 12.5. The summed E-state index contributed by atoms with van der Waals surface area (Å²) in [6, 6.07) is 17.7. The van der Waals surface area contributed by atoms with Gasteiger partial charge in [0.15, 0.2) is 0 Å². The molecule has 3 rings (SSSR count). The van der Waals surface area contributed by atoms with Crippen molar-refractivity contribution in [2.75, 3.05) is 16.8 Å². The van der Waals surface area contributed by atoms with E-state index >= 15 is 0 Å². The van der Waals surface area contributed by atoms with Gasteiger partial charge in [0.25, 0.3) is 5.91 Å². The van der Waals surface area contributed by atoms with Gasteiger partial charge in [-0.3, -0.25) is 4.79 Å². The van der Waals surface area contributed by atoms with Gasteiger partial charge in [-0.2, -0.15) is 0 Å². The summed E-state index contributed by atoms with van der Waals surface area (Å²) in [7, 11) is 0. The fourth-order valence-corrected chi connectivity index (χ4v) is 2.89. The van der Waals surface area contributed by atoms with E-state index in [0.717, 1.165) is 18.1 Å². The van der Waals surface area contributed by atoms with Crippen molar-refractivity contribution in [2.24, 2.45) is 0 Å². The van der Waals surface area contributed by atoms with Gasteiger partial charge in [-0.1, -0.05) is 30.3 Å². The normalized spacial score (nSPS) is 10.6. The fourth-order valence-electron chi connectivity index (χ4n) is 2.89. The van der Waals surface area contributed by atoms with Crippen molar-refractivity contribution in [1.82, 2.24) is 9.97 Å². The molecule has 29 heavy (non-hydrogen) atoms. The van der Waals surface area contributed by atoms with Crippen molar-refractivity contribution >= 4 is 17.4 Å². The Labute approximate surface area is 171 Å². The molecule has 2 aromatic carbocycles. The molecule has 6 nitrogen and oxygen atoms in total. The number of nitrogens with one attached hydrogen (secondary N) is 1. The molecular formula is C23H26N4O2. The van der Waals surface area contributed by atoms with Gasteiger partial charge in [0, 0.05) is 18.3 Å². The predicted octanol–water partition coefficient (Wildman–Crippen LogP) is 4.54. The monoisotopic (exact) mass is 390 g/mol. The highest BCUT2D eigenvalue weighted by Gasteiger charge is 2.15. The second-order valence-corrected chi connectivity index (χ2v) is 6.88. The minimum absolute atomic E-state index is 0.244. The van der Waals surface area contributed by atoms with Crippen molar-refractivity contribution in [3.8, 4) is 5.75 Å². The molecule has 1 amide bonds. The lowest BCUT2D eigenvalue weighted by atomic mass is 10.2. The molecule has 0 aliphatic heterocycles. The topological polar surface area (TPSA) is 67.3 Å². The van der Waals surface area contributed by atoms with Crippen LogP contribution in [-0.2, 0) is 6.54 Å². The van der Waals surface area contributed by atoms with Crippen LogP contribution in [0.4, 0.5) is 11.5 Å². The van der Waals surface area contributed by atoms with Crippen molar-refractivity contribution in [3.63, 3.8) is 0 Å². The third-order valence-electron chi connectivity index (χ3n) is 4.41. The number of anilines is 2. The Morgan fingerprint density at radius 3 is 2.34 bits per heavy atom. The largest absolute Gasteiger partial charge is 0.494 e. The minimum atomic E-state index is -0.299. The van der Waals surface area contributed by atoms with Gasteiger partial charge in [0.1, 0.15) is 17.3 Å². The van der Waals surface area contributed by atoms with E-state index in [0.29, 0.717) is 12.3 Å². The molecule has 1 aromatic heterocycles. The molecule has 0 spiro atoms. The second kappa shape index (κ2) is 9.68. The molecule has 1 N–H and O–H groups in total. The maximum Gasteiger partial charge on any atom is 0.275 e. The first-order chi connectivity index (χ1) is 14.1. The summed E-state index contributed by atoms with van der Waals surface area (Å²) in [4.78, 5) is 23.4. The van der Waals surface area contributed by atoms with Crippen LogP contribution in [0.5, 0.6) is 5.75 Å². The number of amides is 1. The van der Waals surface area contributed by atoms with E-state index in [1.165, 1.54) is 11.8 Å². The summed E-state index contributed by atoms with van der Waals surface area (Å²) in [6.07, 6.45) is 3.16. The van der Waals surface area contributed by atoms with Gasteiger partial charge in [-0.15, -0.1) is 0 Å². The number of aromatic nitrogens is 2. The van der Waals surface area contributed by atoms with E-state index in [-0.39, 0.29) is 17.6 Å². The van der Waals surface area contributed by atoms with E-state index in [1.807, 2.05) is 37.3 Å². The van der Waals surface area contributed by atoms with Crippen molar-refractivity contribution in [2.45, 2.75) is 33.4 Å². The van der Waals surface area contributed by atoms with Crippen LogP contribution < -0.4 is 15.0 Å². The molecule has 0 bridgehead atoms. The van der Waals surface area contributed by atoms with Crippen LogP contribution in [0.3, 0.4) is 0 Å². The van der Waals surface area contributed by atoms with Crippen LogP contribution in [0.25, 0.3) is 0 Å². The van der Waals surface area contributed by atoms with Gasteiger partial charge in [0.05, 0.1) is 19.0 Å². The summed E-state index contributed by atoms with van der Waals surface area (Å²) < 4.78 is 5.41. The molecule has 0 fully saturated rings. The molecule has 0 aliphatic rings. The first-order valence-electron chi connectivity index (χ1n) is 9.73. The van der Waals surface area contributed by atoms with E-state index in [4.69, 9.17) is 4.74 Å². The fraction of sp³-hybridized carbons (Fsp3) is 0.261. The molecular weight excluding hydrogens is 364 g/mol. The van der Waals surface area contributed by atoms with Gasteiger partial charge >= 0.3 is 0 Å². The second-order valence-electron chi connectivity index (χ2n) is 6.88. The molecule has 0 saturated carbocycles. The molecule has 6 heteroatoms. The number of rotatable bonds is 8. The highest BCUT2D eigenvalue weighted by molar-refractivity contribution is 6.02. The lowest BCUT2D eigenvalue weighted by molar-refractivity contribution is 0.102. The standard InChI is InChI=1S/C23H26N4O2/c1-4-29-20-12-10-19(11-13-20)26-23(28)21-14-25-22(15-24-21)27(17(2)3)16-18-8-6-5-7-9-18/h5-15,17H,4,16H2,1-3H3,(H,26,28). The van der Waals surface area contributed by atoms with Crippen LogP contribution >= 0.6 is 0 Å². The Morgan fingerprint density at radius 1 is 1.03 bits per heavy atom. The summed E-state index contributed by atoms with van der Waals surface area (Å²) in [5.74, 6) is 1.20. The number of carbonyl (C=O) groups excluding carboxylic acids is 1. The van der Waals surface area contributed by atoms with Crippen molar-refractivity contribution in [3.05, 3.63) is 78.2 Å². The van der Waals surface area contributed by atoms with Crippen molar-refractivity contribution < 1.29 is 9.53 Å². The zero-order chi connectivity index (χ0) is 20.6. The van der Waals surface area contributed by atoms with Crippen LogP contribution in [-0.4, -0.2) is 28.5 Å². The third kappa shape index (κ3) is 5.54. The zero-order valence-electron chi connectivity index (χ0n) is 17.0. The molecule has 0 radical (unpaired) electrons. The van der Waals surface area contributed by atoms with Gasteiger partial charge in [-0.05, 0) is 50.6 Å². The third-order valence-corrected chi connectivity index (χ3v) is 4.41. The van der Waals surface area contributed by atoms with E-state index < -0.39 is 0 Å². The SMILES string of the molecule is CCOc1ccc(NC(=O)c2cnc(N(Cc3ccccc3)C(C)C)cn2)cc1. The highest BCUT2D eigenvalue weighted by atomic mass is 16.5. The minimum Gasteiger partial charge on any atom is -0.494 e. The molecule has 0 aliphatic carbocycles. The first-order valence-corrected chi connectivity index (χ1v) is 9.73. The molecule has 0 saturated heterocycles. The zero-order valence-corrected chi connectivity index (χ0v) is 17.0. The first kappa shape index (κ1) is 20.3. The Balaban J connectivity index is 1.68. The lowest BCUT2D eigenvalue weighted by Gasteiger charge is -2.27. The predicted molar refractivity (Wildman–Crippen MR) is 115 cm³/mol. The summed E-state index contributed by atoms with van der Waals surface area (Å²) in [5, 5.41) is 2.83. The summed E-state index contributed by atoms with van der Waals surface area (Å²) >= 11 is 0. The Bertz CT molecular complexity index is 910. The van der Waals surface area contributed by atoms with Crippen LogP contribution in [0.15, 0.2) is 67.0 Å². The average molecular weight is 390 g/mol. The number of ether oxygens (including phenoxy) is 1. The Kier molecular flexibility index (Phi) is 6.79. The van der Waals surface area contributed by atoms with Crippen molar-refractivity contribution in [1.29, 1.82) is 0 Å². The van der Waals surface area contributed by atoms with Gasteiger partial charge in [-0.25, -0.2) is 9.97 Å². The number of nitrogens with zero attached hydrogens (tertiary/aromatic N) is 3. The number of carbonyl (C=O) groups is 1. The molecule has 0 unspecified atom stereocenters. The lowest BCUT2D eigenvalue weighted by Crippen LogP contribution is -2.31. The van der Waals surface area contributed by atoms with Gasteiger partial charge < -0.3 is 15.0 Å². The average Bonchev–Trinajstić information content (AvgIpc) is 2.74. The number of hydrogen-bond donors (Lipinski definition) is 1. The summed E-state index contributed by atoms with van der Waals surface area (Å²) in [6.45, 7) is 7.48. The Morgan fingerprint density at radius 2 is 1.76 bits per heavy atom. The van der Waals surface area contributed by atoms with Crippen LogP contribution in [0, 0.1) is 0 Å². The van der Waals surface area contributed by atoms with Crippen LogP contribution in [0.2, 0.25) is 0 Å². The maximum absolute atomic E-state index is 12.5. The van der Waals surface area contributed by atoms with Gasteiger partial charge in [0.2, 0.25) is 0 Å². The van der Waals surface area contributed by atoms with E-state index in [9.17, 15) is 4.79 Å². The molecule has 150 valence electrons. The molecule has 1 heterocycles. The molecule has 0 atom stereocenters. The Hall–Kier alpha value is -3.41. The van der Waals surface area contributed by atoms with Crippen LogP contribution in [0.1, 0.15) is 36.8 Å². The number of hydrogen-bond acceptors (Lipinski definition) is 5. The van der Waals surface area contributed by atoms with E-state index in [1.54, 1.807) is 18.3 Å². The smallest absolute Gasteiger partial charge is 0.275 e.